The van der Waals surface area contributed by atoms with Crippen LogP contribution in [0.3, 0.4) is 0 Å². The average Bonchev–Trinajstić information content (AvgIpc) is 2.40. The van der Waals surface area contributed by atoms with Crippen molar-refractivity contribution in [2.24, 2.45) is 27.2 Å². The molecule has 0 spiro atoms. The van der Waals surface area contributed by atoms with E-state index in [1.165, 1.54) is 12.1 Å². The van der Waals surface area contributed by atoms with E-state index in [1.54, 1.807) is 13.8 Å². The predicted molar refractivity (Wildman–Crippen MR) is 82.8 cm³/mol. The highest BCUT2D eigenvalue weighted by atomic mass is 16.5. The Labute approximate surface area is 127 Å². The summed E-state index contributed by atoms with van der Waals surface area (Å²) in [5, 5.41) is 9.28. The third-order valence-corrected chi connectivity index (χ3v) is 2.37. The molecule has 0 aliphatic rings. The van der Waals surface area contributed by atoms with Crippen molar-refractivity contribution in [3.8, 4) is 11.5 Å². The summed E-state index contributed by atoms with van der Waals surface area (Å²) in [6, 6.07) is 2.73. The van der Waals surface area contributed by atoms with Gasteiger partial charge in [-0.1, -0.05) is 0 Å². The van der Waals surface area contributed by atoms with Crippen LogP contribution in [0, 0.1) is 0 Å². The summed E-state index contributed by atoms with van der Waals surface area (Å²) in [7, 11) is 0. The zero-order chi connectivity index (χ0) is 16.7. The van der Waals surface area contributed by atoms with Crippen molar-refractivity contribution in [3.63, 3.8) is 0 Å². The Morgan fingerprint density at radius 3 is 2.14 bits per heavy atom. The van der Waals surface area contributed by atoms with Gasteiger partial charge in [-0.25, -0.2) is 9.79 Å². The molecular weight excluding hydrogens is 290 g/mol. The molecule has 1 aromatic rings. The molecule has 0 saturated heterocycles. The van der Waals surface area contributed by atoms with Crippen LogP contribution in [-0.4, -0.2) is 36.2 Å². The monoisotopic (exact) mass is 309 g/mol. The number of hydrogen-bond acceptors (Lipinski definition) is 4. The number of aliphatic imine (C=N–C) groups is 2. The van der Waals surface area contributed by atoms with Gasteiger partial charge in [0.1, 0.15) is 0 Å². The van der Waals surface area contributed by atoms with E-state index in [4.69, 9.17) is 26.7 Å². The van der Waals surface area contributed by atoms with E-state index in [2.05, 4.69) is 9.98 Å². The van der Waals surface area contributed by atoms with Gasteiger partial charge < -0.3 is 31.8 Å². The lowest BCUT2D eigenvalue weighted by atomic mass is 10.1. The van der Waals surface area contributed by atoms with Gasteiger partial charge in [-0.3, -0.25) is 0 Å². The smallest absolute Gasteiger partial charge is 0.338 e. The molecule has 1 aromatic carbocycles. The van der Waals surface area contributed by atoms with Crippen LogP contribution in [0.25, 0.3) is 0 Å². The predicted octanol–water partition coefficient (Wildman–Crippen LogP) is 0.402. The maximum absolute atomic E-state index is 11.4. The Morgan fingerprint density at radius 1 is 1.14 bits per heavy atom. The molecule has 0 aromatic heterocycles. The van der Waals surface area contributed by atoms with Crippen LogP contribution in [0.1, 0.15) is 24.2 Å². The minimum atomic E-state index is -1.19. The SMILES string of the molecule is CCOc1cc(N=C(N)N=C(N)N)c(C(=O)O)cc1OCC. The van der Waals surface area contributed by atoms with Crippen LogP contribution in [-0.2, 0) is 0 Å². The van der Waals surface area contributed by atoms with Crippen LogP contribution in [0.4, 0.5) is 5.69 Å². The molecule has 1 rings (SSSR count). The van der Waals surface area contributed by atoms with Gasteiger partial charge in [-0.05, 0) is 13.8 Å². The largest absolute Gasteiger partial charge is 0.490 e. The first-order valence-corrected chi connectivity index (χ1v) is 6.49. The number of carbonyl (C=O) groups is 1. The molecule has 0 radical (unpaired) electrons. The first-order valence-electron chi connectivity index (χ1n) is 6.49. The highest BCUT2D eigenvalue weighted by molar-refractivity contribution is 5.98. The van der Waals surface area contributed by atoms with Gasteiger partial charge in [0, 0.05) is 12.1 Å². The number of carboxylic acids is 1. The lowest BCUT2D eigenvalue weighted by Gasteiger charge is -2.13. The molecule has 120 valence electrons. The minimum absolute atomic E-state index is 0.0573. The van der Waals surface area contributed by atoms with Crippen LogP contribution in [0.2, 0.25) is 0 Å². The zero-order valence-electron chi connectivity index (χ0n) is 12.4. The molecular formula is C13H19N5O4. The van der Waals surface area contributed by atoms with E-state index >= 15 is 0 Å². The fourth-order valence-corrected chi connectivity index (χ4v) is 1.63. The van der Waals surface area contributed by atoms with Gasteiger partial charge in [0.25, 0.3) is 0 Å². The van der Waals surface area contributed by atoms with Gasteiger partial charge in [-0.2, -0.15) is 4.99 Å². The number of guanidine groups is 2. The van der Waals surface area contributed by atoms with E-state index in [1.807, 2.05) is 0 Å². The Hall–Kier alpha value is -2.97. The number of nitrogens with two attached hydrogens (primary N) is 3. The number of aromatic carboxylic acids is 1. The second-order valence-corrected chi connectivity index (χ2v) is 3.99. The fourth-order valence-electron chi connectivity index (χ4n) is 1.63. The van der Waals surface area contributed by atoms with E-state index in [0.29, 0.717) is 24.7 Å². The summed E-state index contributed by atoms with van der Waals surface area (Å²) in [5.41, 5.74) is 15.9. The van der Waals surface area contributed by atoms with Crippen molar-refractivity contribution in [1.82, 2.24) is 0 Å². The first-order chi connectivity index (χ1) is 10.4. The number of carboxylic acid groups (broad SMARTS) is 1. The maximum atomic E-state index is 11.4. The summed E-state index contributed by atoms with van der Waals surface area (Å²) in [6.45, 7) is 4.30. The van der Waals surface area contributed by atoms with E-state index in [-0.39, 0.29) is 23.2 Å². The fraction of sp³-hybridized carbons (Fsp3) is 0.308. The van der Waals surface area contributed by atoms with Gasteiger partial charge in [0.15, 0.2) is 17.5 Å². The lowest BCUT2D eigenvalue weighted by molar-refractivity contribution is 0.0697. The highest BCUT2D eigenvalue weighted by Gasteiger charge is 2.17. The molecule has 0 bridgehead atoms. The van der Waals surface area contributed by atoms with Crippen LogP contribution >= 0.6 is 0 Å². The quantitative estimate of drug-likeness (QED) is 0.437. The van der Waals surface area contributed by atoms with Crippen molar-refractivity contribution >= 4 is 23.6 Å². The van der Waals surface area contributed by atoms with Crippen molar-refractivity contribution in [2.45, 2.75) is 13.8 Å². The van der Waals surface area contributed by atoms with Gasteiger partial charge in [-0.15, -0.1) is 0 Å². The molecule has 0 fully saturated rings. The summed E-state index contributed by atoms with van der Waals surface area (Å²) >= 11 is 0. The summed E-state index contributed by atoms with van der Waals surface area (Å²) < 4.78 is 10.8. The second kappa shape index (κ2) is 7.72. The number of rotatable bonds is 6. The second-order valence-electron chi connectivity index (χ2n) is 3.99. The van der Waals surface area contributed by atoms with Crippen molar-refractivity contribution in [1.29, 1.82) is 0 Å². The van der Waals surface area contributed by atoms with Crippen molar-refractivity contribution in [2.75, 3.05) is 13.2 Å². The van der Waals surface area contributed by atoms with E-state index < -0.39 is 5.97 Å². The third-order valence-electron chi connectivity index (χ3n) is 2.37. The number of benzene rings is 1. The van der Waals surface area contributed by atoms with Gasteiger partial charge >= 0.3 is 5.97 Å². The lowest BCUT2D eigenvalue weighted by Crippen LogP contribution is -2.26. The molecule has 0 heterocycles. The molecule has 0 amide bonds. The molecule has 9 heteroatoms. The van der Waals surface area contributed by atoms with Gasteiger partial charge in [0.05, 0.1) is 24.5 Å². The van der Waals surface area contributed by atoms with Crippen LogP contribution in [0.15, 0.2) is 22.1 Å². The van der Waals surface area contributed by atoms with Gasteiger partial charge in [0.2, 0.25) is 5.96 Å². The molecule has 0 aliphatic carbocycles. The van der Waals surface area contributed by atoms with Crippen LogP contribution in [0.5, 0.6) is 11.5 Å². The Kier molecular flexibility index (Phi) is 5.99. The van der Waals surface area contributed by atoms with Crippen molar-refractivity contribution < 1.29 is 19.4 Å². The Morgan fingerprint density at radius 2 is 1.68 bits per heavy atom. The summed E-state index contributed by atoms with van der Waals surface area (Å²) in [5.74, 6) is -1.09. The maximum Gasteiger partial charge on any atom is 0.338 e. The number of ether oxygens (including phenoxy) is 2. The van der Waals surface area contributed by atoms with E-state index in [0.717, 1.165) is 0 Å². The topological polar surface area (TPSA) is 159 Å². The molecule has 0 aliphatic heterocycles. The average molecular weight is 309 g/mol. The van der Waals surface area contributed by atoms with Crippen LogP contribution < -0.4 is 26.7 Å². The molecule has 9 nitrogen and oxygen atoms in total. The standard InChI is InChI=1S/C13H19N5O4/c1-3-21-9-5-7(11(19)20)8(6-10(9)22-4-2)17-13(16)18-12(14)15/h5-6H,3-4H2,1-2H3,(H,19,20)(H6,14,15,16,17,18). The molecule has 0 unspecified atom stereocenters. The van der Waals surface area contributed by atoms with Crippen molar-refractivity contribution in [3.05, 3.63) is 17.7 Å². The normalized spacial score (nSPS) is 10.9. The molecule has 0 saturated carbocycles. The molecule has 22 heavy (non-hydrogen) atoms. The molecule has 0 atom stereocenters. The molecule has 7 N–H and O–H groups in total. The first kappa shape index (κ1) is 17.1. The third kappa shape index (κ3) is 4.54. The highest BCUT2D eigenvalue weighted by Crippen LogP contribution is 2.35. The minimum Gasteiger partial charge on any atom is -0.490 e. The summed E-state index contributed by atoms with van der Waals surface area (Å²) in [4.78, 5) is 18.8. The Bertz CT molecular complexity index is 609. The number of nitrogens with zero attached hydrogens (tertiary/aromatic N) is 2. The summed E-state index contributed by atoms with van der Waals surface area (Å²) in [6.07, 6.45) is 0. The van der Waals surface area contributed by atoms with E-state index in [9.17, 15) is 9.90 Å². The zero-order valence-corrected chi connectivity index (χ0v) is 12.4. The number of hydrogen-bond donors (Lipinski definition) is 4. The Balaban J connectivity index is 3.44.